The zero-order valence-corrected chi connectivity index (χ0v) is 24.5. The highest BCUT2D eigenvalue weighted by molar-refractivity contribution is 7.21. The Hall–Kier alpha value is -3.83. The van der Waals surface area contributed by atoms with Crippen LogP contribution in [0, 0.1) is 5.82 Å². The Labute approximate surface area is 243 Å². The van der Waals surface area contributed by atoms with E-state index in [1.165, 1.54) is 31.4 Å². The molecule has 4 aromatic rings. The molecule has 0 aliphatic rings. The van der Waals surface area contributed by atoms with E-state index in [1.54, 1.807) is 19.2 Å². The molecule has 2 aromatic carbocycles. The summed E-state index contributed by atoms with van der Waals surface area (Å²) in [4.78, 5) is 47.8. The van der Waals surface area contributed by atoms with E-state index in [0.29, 0.717) is 33.0 Å². The smallest absolute Gasteiger partial charge is 0.303 e. The second-order valence-corrected chi connectivity index (χ2v) is 11.6. The lowest BCUT2D eigenvalue weighted by molar-refractivity contribution is -0.137. The topological polar surface area (TPSA) is 116 Å². The summed E-state index contributed by atoms with van der Waals surface area (Å²) in [5, 5.41) is 9.97. The molecule has 0 saturated heterocycles. The number of benzene rings is 2. The Kier molecular flexibility index (Phi) is 9.72. The maximum atomic E-state index is 15.5. The fraction of sp³-hybridized carbons (Fsp3) is 0.333. The number of hydrogen-bond donors (Lipinski definition) is 1. The van der Waals surface area contributed by atoms with Crippen LogP contribution in [-0.4, -0.2) is 49.3 Å². The molecule has 2 heterocycles. The lowest BCUT2D eigenvalue weighted by atomic mass is 10.1. The van der Waals surface area contributed by atoms with Gasteiger partial charge < -0.3 is 24.1 Å². The number of aryl methyl sites for hydroxylation is 1. The van der Waals surface area contributed by atoms with Gasteiger partial charge in [-0.2, -0.15) is 0 Å². The molecular weight excluding hydrogens is 571 g/mol. The van der Waals surface area contributed by atoms with Gasteiger partial charge in [0.1, 0.15) is 11.5 Å². The van der Waals surface area contributed by atoms with Gasteiger partial charge in [-0.3, -0.25) is 14.4 Å². The Bertz CT molecular complexity index is 1630. The highest BCUT2D eigenvalue weighted by atomic mass is 32.1. The molecule has 1 N–H and O–H groups in total. The first-order chi connectivity index (χ1) is 19.6. The number of carbonyl (C=O) groups is 4. The maximum absolute atomic E-state index is 15.5. The van der Waals surface area contributed by atoms with Crippen LogP contribution < -0.4 is 14.2 Å². The van der Waals surface area contributed by atoms with Crippen molar-refractivity contribution < 1.29 is 42.9 Å². The summed E-state index contributed by atoms with van der Waals surface area (Å²) in [6, 6.07) is 8.68. The molecule has 4 rings (SSSR count). The summed E-state index contributed by atoms with van der Waals surface area (Å²) in [7, 11) is 2.98. The first kappa shape index (κ1) is 30.1. The molecule has 11 heteroatoms. The van der Waals surface area contributed by atoms with Gasteiger partial charge >= 0.3 is 5.97 Å². The van der Waals surface area contributed by atoms with E-state index in [0.717, 1.165) is 27.0 Å². The zero-order chi connectivity index (χ0) is 29.7. The van der Waals surface area contributed by atoms with E-state index in [1.807, 2.05) is 12.1 Å². The van der Waals surface area contributed by atoms with Crippen molar-refractivity contribution in [2.75, 3.05) is 20.8 Å². The lowest BCUT2D eigenvalue weighted by Gasteiger charge is -2.13. The van der Waals surface area contributed by atoms with Crippen LogP contribution in [0.3, 0.4) is 0 Å². The van der Waals surface area contributed by atoms with Gasteiger partial charge in [-0.25, -0.2) is 4.39 Å². The number of ketones is 3. The van der Waals surface area contributed by atoms with E-state index >= 15 is 4.39 Å². The van der Waals surface area contributed by atoms with E-state index in [2.05, 4.69) is 0 Å². The maximum Gasteiger partial charge on any atom is 0.303 e. The Morgan fingerprint density at radius 3 is 2.12 bits per heavy atom. The number of thiophene rings is 2. The van der Waals surface area contributed by atoms with Crippen LogP contribution >= 0.6 is 22.7 Å². The number of Topliss-reactive ketones (excluding diaryl/α,β-unsaturated/α-hetero) is 3. The minimum Gasteiger partial charge on any atom is -0.496 e. The number of carboxylic acid groups (broad SMARTS) is 1. The third-order valence-corrected chi connectivity index (χ3v) is 8.74. The molecule has 8 nitrogen and oxygen atoms in total. The van der Waals surface area contributed by atoms with Gasteiger partial charge in [-0.15, -0.1) is 22.7 Å². The SMILES string of the molecule is COc1cc2sc(C(=O)CCC(=O)O)cc2cc1CCCOc1c(OC)cc2sc(C(=O)CCC(C)=O)cc2c1F. The summed E-state index contributed by atoms with van der Waals surface area (Å²) in [5.74, 6) is -1.30. The van der Waals surface area contributed by atoms with Crippen LogP contribution in [0.4, 0.5) is 4.39 Å². The van der Waals surface area contributed by atoms with Gasteiger partial charge in [0.15, 0.2) is 28.9 Å². The van der Waals surface area contributed by atoms with Crippen LogP contribution in [-0.2, 0) is 16.0 Å². The van der Waals surface area contributed by atoms with Gasteiger partial charge in [-0.1, -0.05) is 0 Å². The molecule has 2 aromatic heterocycles. The molecule has 0 radical (unpaired) electrons. The Balaban J connectivity index is 1.46. The van der Waals surface area contributed by atoms with Crippen molar-refractivity contribution in [1.82, 2.24) is 0 Å². The number of carbonyl (C=O) groups excluding carboxylic acids is 3. The highest BCUT2D eigenvalue weighted by Gasteiger charge is 2.21. The standard InChI is InChI=1S/C30H29FO8S2/c1-16(32)6-7-20(33)27-13-19-25(41-27)15-23(38-3)30(29(19)31)39-10-4-5-17-11-18-12-26(21(34)8-9-28(35)36)40-24(18)14-22(17)37-2/h11-15H,4-10H2,1-3H3,(H,35,36). The fourth-order valence-corrected chi connectivity index (χ4v) is 6.45. The number of hydrogen-bond acceptors (Lipinski definition) is 9. The summed E-state index contributed by atoms with van der Waals surface area (Å²) >= 11 is 2.45. The molecule has 41 heavy (non-hydrogen) atoms. The fourth-order valence-electron chi connectivity index (χ4n) is 4.35. The van der Waals surface area contributed by atoms with Gasteiger partial charge in [-0.05, 0) is 55.0 Å². The Morgan fingerprint density at radius 1 is 0.829 bits per heavy atom. The third-order valence-electron chi connectivity index (χ3n) is 6.48. The molecule has 0 fully saturated rings. The summed E-state index contributed by atoms with van der Waals surface area (Å²) in [6.07, 6.45) is 1.02. The number of carboxylic acids is 1. The van der Waals surface area contributed by atoms with E-state index in [9.17, 15) is 19.2 Å². The van der Waals surface area contributed by atoms with Crippen molar-refractivity contribution >= 4 is 66.2 Å². The number of fused-ring (bicyclic) bond motifs is 2. The highest BCUT2D eigenvalue weighted by Crippen LogP contribution is 2.40. The molecule has 0 spiro atoms. The number of rotatable bonds is 15. The van der Waals surface area contributed by atoms with Crippen LogP contribution in [0.25, 0.3) is 20.2 Å². The number of ether oxygens (including phenoxy) is 3. The Morgan fingerprint density at radius 2 is 1.46 bits per heavy atom. The first-order valence-corrected chi connectivity index (χ1v) is 14.6. The van der Waals surface area contributed by atoms with Crippen molar-refractivity contribution in [1.29, 1.82) is 0 Å². The summed E-state index contributed by atoms with van der Waals surface area (Å²) in [5.41, 5.74) is 0.889. The van der Waals surface area contributed by atoms with Crippen molar-refractivity contribution in [2.24, 2.45) is 0 Å². The molecular formula is C30H29FO8S2. The van der Waals surface area contributed by atoms with Gasteiger partial charge in [0.2, 0.25) is 0 Å². The van der Waals surface area contributed by atoms with E-state index in [-0.39, 0.29) is 66.5 Å². The summed E-state index contributed by atoms with van der Waals surface area (Å²) in [6.45, 7) is 1.60. The van der Waals surface area contributed by atoms with Crippen LogP contribution in [0.1, 0.15) is 63.9 Å². The predicted molar refractivity (Wildman–Crippen MR) is 156 cm³/mol. The molecule has 0 aliphatic carbocycles. The van der Waals surface area contributed by atoms with Crippen molar-refractivity contribution in [3.05, 3.63) is 51.5 Å². The van der Waals surface area contributed by atoms with Crippen LogP contribution in [0.2, 0.25) is 0 Å². The lowest BCUT2D eigenvalue weighted by Crippen LogP contribution is -2.04. The van der Waals surface area contributed by atoms with Crippen molar-refractivity contribution in [3.63, 3.8) is 0 Å². The van der Waals surface area contributed by atoms with Gasteiger partial charge in [0, 0.05) is 40.1 Å². The molecule has 0 amide bonds. The van der Waals surface area contributed by atoms with E-state index < -0.39 is 11.8 Å². The largest absolute Gasteiger partial charge is 0.496 e. The number of halogens is 1. The predicted octanol–water partition coefficient (Wildman–Crippen LogP) is 6.88. The molecule has 216 valence electrons. The second-order valence-electron chi connectivity index (χ2n) is 9.45. The average Bonchev–Trinajstić information content (AvgIpc) is 3.57. The summed E-state index contributed by atoms with van der Waals surface area (Å²) < 4.78 is 33.6. The second kappa shape index (κ2) is 13.2. The number of aliphatic carboxylic acids is 1. The average molecular weight is 601 g/mol. The molecule has 0 aliphatic heterocycles. The molecule has 0 atom stereocenters. The monoisotopic (exact) mass is 600 g/mol. The third kappa shape index (κ3) is 7.09. The zero-order valence-electron chi connectivity index (χ0n) is 22.8. The minimum atomic E-state index is -1.01. The van der Waals surface area contributed by atoms with Crippen LogP contribution in [0.5, 0.6) is 17.2 Å². The molecule has 0 bridgehead atoms. The molecule has 0 unspecified atom stereocenters. The van der Waals surface area contributed by atoms with Crippen molar-refractivity contribution in [3.8, 4) is 17.2 Å². The van der Waals surface area contributed by atoms with E-state index in [4.69, 9.17) is 19.3 Å². The van der Waals surface area contributed by atoms with Gasteiger partial charge in [0.25, 0.3) is 0 Å². The van der Waals surface area contributed by atoms with Crippen molar-refractivity contribution in [2.45, 2.75) is 45.4 Å². The van der Waals surface area contributed by atoms with Crippen LogP contribution in [0.15, 0.2) is 30.3 Å². The minimum absolute atomic E-state index is 0.0368. The number of methoxy groups -OCH3 is 2. The van der Waals surface area contributed by atoms with Gasteiger partial charge in [0.05, 0.1) is 37.0 Å². The normalized spacial score (nSPS) is 11.1. The molecule has 0 saturated carbocycles. The first-order valence-electron chi connectivity index (χ1n) is 12.9. The quantitative estimate of drug-likeness (QED) is 0.116.